The maximum absolute atomic E-state index is 4.15. The average molecular weight is 184 g/mol. The van der Waals surface area contributed by atoms with Crippen LogP contribution in [0.2, 0.25) is 0 Å². The van der Waals surface area contributed by atoms with Gasteiger partial charge in [-0.1, -0.05) is 42.5 Å². The molecule has 0 bridgehead atoms. The monoisotopic (exact) mass is 184 g/mol. The summed E-state index contributed by atoms with van der Waals surface area (Å²) < 4.78 is 0. The van der Waals surface area contributed by atoms with Crippen LogP contribution >= 0.6 is 0 Å². The van der Waals surface area contributed by atoms with Crippen LogP contribution in [0.1, 0.15) is 0 Å². The van der Waals surface area contributed by atoms with Gasteiger partial charge in [0, 0.05) is 12.1 Å². The van der Waals surface area contributed by atoms with Crippen LogP contribution in [0.5, 0.6) is 0 Å². The van der Waals surface area contributed by atoms with E-state index in [-0.39, 0.29) is 0 Å². The second-order valence-electron chi connectivity index (χ2n) is 3.10. The molecule has 0 amide bonds. The smallest absolute Gasteiger partial charge is 0.0561 e. The van der Waals surface area contributed by atoms with Crippen molar-refractivity contribution >= 4 is 11.9 Å². The molecular weight excluding hydrogens is 172 g/mol. The van der Waals surface area contributed by atoms with E-state index in [4.69, 9.17) is 0 Å². The van der Waals surface area contributed by atoms with Gasteiger partial charge >= 0.3 is 0 Å². The van der Waals surface area contributed by atoms with E-state index in [1.54, 1.807) is 0 Å². The molecule has 2 heteroatoms. The Bertz CT molecular complexity index is 351. The first-order valence-electron chi connectivity index (χ1n) is 4.64. The van der Waals surface area contributed by atoms with Gasteiger partial charge in [-0.2, -0.15) is 5.10 Å². The summed E-state index contributed by atoms with van der Waals surface area (Å²) in [5, 5.41) is 4.15. The van der Waals surface area contributed by atoms with E-state index in [2.05, 4.69) is 22.7 Å². The van der Waals surface area contributed by atoms with Crippen LogP contribution in [0.25, 0.3) is 0 Å². The molecule has 0 radical (unpaired) electrons. The quantitative estimate of drug-likeness (QED) is 0.567. The Morgan fingerprint density at radius 1 is 1.07 bits per heavy atom. The zero-order valence-corrected chi connectivity index (χ0v) is 7.80. The van der Waals surface area contributed by atoms with Crippen LogP contribution in [-0.2, 0) is 0 Å². The second kappa shape index (κ2) is 4.42. The Morgan fingerprint density at radius 2 is 1.79 bits per heavy atom. The lowest BCUT2D eigenvalue weighted by molar-refractivity contribution is 1.17. The zero-order chi connectivity index (χ0) is 9.64. The molecule has 1 aromatic carbocycles. The molecular formula is C12H12N2. The van der Waals surface area contributed by atoms with Gasteiger partial charge in [0.05, 0.1) is 5.69 Å². The maximum atomic E-state index is 4.15. The predicted molar refractivity (Wildman–Crippen MR) is 60.3 cm³/mol. The Balaban J connectivity index is 1.88. The number of benzene rings is 1. The summed E-state index contributed by atoms with van der Waals surface area (Å²) in [6, 6.07) is 9.91. The molecule has 0 heterocycles. The van der Waals surface area contributed by atoms with Gasteiger partial charge in [-0.05, 0) is 12.1 Å². The van der Waals surface area contributed by atoms with Crippen molar-refractivity contribution in [3.63, 3.8) is 0 Å². The van der Waals surface area contributed by atoms with E-state index in [1.165, 1.54) is 0 Å². The third-order valence-electron chi connectivity index (χ3n) is 1.99. The van der Waals surface area contributed by atoms with E-state index >= 15 is 0 Å². The van der Waals surface area contributed by atoms with E-state index in [1.807, 2.05) is 48.7 Å². The van der Waals surface area contributed by atoms with E-state index in [9.17, 15) is 0 Å². The molecule has 0 aromatic heterocycles. The average Bonchev–Trinajstić information content (AvgIpc) is 2.72. The Morgan fingerprint density at radius 3 is 2.50 bits per heavy atom. The molecule has 0 fully saturated rings. The van der Waals surface area contributed by atoms with Gasteiger partial charge in [0.2, 0.25) is 0 Å². The molecule has 0 saturated carbocycles. The number of rotatable bonds is 3. The fourth-order valence-corrected chi connectivity index (χ4v) is 1.26. The van der Waals surface area contributed by atoms with Crippen molar-refractivity contribution in [2.45, 2.75) is 0 Å². The van der Waals surface area contributed by atoms with Gasteiger partial charge in [0.25, 0.3) is 0 Å². The number of allylic oxidation sites excluding steroid dienone is 4. The van der Waals surface area contributed by atoms with Crippen LogP contribution in [0.4, 0.5) is 5.69 Å². The number of hydrazone groups is 1. The Hall–Kier alpha value is -1.83. The fraction of sp³-hybridized carbons (Fsp3) is 0.0833. The van der Waals surface area contributed by atoms with Crippen molar-refractivity contribution in [1.82, 2.24) is 0 Å². The van der Waals surface area contributed by atoms with E-state index in [0.29, 0.717) is 5.92 Å². The third-order valence-corrected chi connectivity index (χ3v) is 1.99. The van der Waals surface area contributed by atoms with Crippen LogP contribution in [0, 0.1) is 5.92 Å². The number of para-hydroxylation sites is 1. The molecule has 0 saturated heterocycles. The highest BCUT2D eigenvalue weighted by Crippen LogP contribution is 2.07. The molecule has 14 heavy (non-hydrogen) atoms. The first kappa shape index (κ1) is 8.75. The standard InChI is InChI=1S/C12H12N2/c1-2-8-12(9-3-1)14-13-10-11-6-4-5-7-11/h1-11,14H. The highest BCUT2D eigenvalue weighted by Gasteiger charge is 1.97. The predicted octanol–water partition coefficient (Wildman–Crippen LogP) is 2.83. The van der Waals surface area contributed by atoms with Gasteiger partial charge in [-0.3, -0.25) is 5.43 Å². The SMILES string of the molecule is C1=CC(C=NNc2ccccc2)C=C1. The first-order valence-corrected chi connectivity index (χ1v) is 4.64. The first-order chi connectivity index (χ1) is 6.95. The van der Waals surface area contributed by atoms with Gasteiger partial charge in [-0.15, -0.1) is 0 Å². The molecule has 1 aliphatic rings. The van der Waals surface area contributed by atoms with Crippen molar-refractivity contribution in [2.75, 3.05) is 5.43 Å². The molecule has 70 valence electrons. The van der Waals surface area contributed by atoms with Crippen molar-refractivity contribution < 1.29 is 0 Å². The van der Waals surface area contributed by atoms with E-state index < -0.39 is 0 Å². The molecule has 1 aliphatic carbocycles. The topological polar surface area (TPSA) is 24.4 Å². The Labute approximate surface area is 83.7 Å². The lowest BCUT2D eigenvalue weighted by Gasteiger charge is -1.99. The maximum Gasteiger partial charge on any atom is 0.0561 e. The summed E-state index contributed by atoms with van der Waals surface area (Å²) in [6.07, 6.45) is 10.1. The summed E-state index contributed by atoms with van der Waals surface area (Å²) in [7, 11) is 0. The zero-order valence-electron chi connectivity index (χ0n) is 7.80. The lowest BCUT2D eigenvalue weighted by atomic mass is 10.2. The summed E-state index contributed by atoms with van der Waals surface area (Å²) >= 11 is 0. The molecule has 2 rings (SSSR count). The van der Waals surface area contributed by atoms with Crippen molar-refractivity contribution in [1.29, 1.82) is 0 Å². The van der Waals surface area contributed by atoms with Gasteiger partial charge < -0.3 is 0 Å². The largest absolute Gasteiger partial charge is 0.279 e. The van der Waals surface area contributed by atoms with Crippen molar-refractivity contribution in [3.05, 3.63) is 54.6 Å². The van der Waals surface area contributed by atoms with Gasteiger partial charge in [0.15, 0.2) is 0 Å². The molecule has 1 aromatic rings. The van der Waals surface area contributed by atoms with Crippen molar-refractivity contribution in [2.24, 2.45) is 11.0 Å². The van der Waals surface area contributed by atoms with Crippen LogP contribution < -0.4 is 5.43 Å². The number of hydrogen-bond acceptors (Lipinski definition) is 2. The normalized spacial score (nSPS) is 15.4. The van der Waals surface area contributed by atoms with Gasteiger partial charge in [-0.25, -0.2) is 0 Å². The fourth-order valence-electron chi connectivity index (χ4n) is 1.26. The number of nitrogens with zero attached hydrogens (tertiary/aromatic N) is 1. The second-order valence-corrected chi connectivity index (χ2v) is 3.10. The molecule has 1 N–H and O–H groups in total. The molecule has 0 spiro atoms. The summed E-state index contributed by atoms with van der Waals surface area (Å²) in [6.45, 7) is 0. The number of hydrogen-bond donors (Lipinski definition) is 1. The van der Waals surface area contributed by atoms with Gasteiger partial charge in [0.1, 0.15) is 0 Å². The minimum Gasteiger partial charge on any atom is -0.279 e. The third kappa shape index (κ3) is 2.33. The molecule has 0 atom stereocenters. The van der Waals surface area contributed by atoms with Crippen LogP contribution in [0.3, 0.4) is 0 Å². The summed E-state index contributed by atoms with van der Waals surface area (Å²) in [4.78, 5) is 0. The molecule has 0 aliphatic heterocycles. The van der Waals surface area contributed by atoms with Crippen LogP contribution in [-0.4, -0.2) is 6.21 Å². The number of nitrogens with one attached hydrogen (secondary N) is 1. The summed E-state index contributed by atoms with van der Waals surface area (Å²) in [5.41, 5.74) is 3.98. The van der Waals surface area contributed by atoms with Crippen molar-refractivity contribution in [3.8, 4) is 0 Å². The minimum absolute atomic E-state index is 0.339. The molecule has 0 unspecified atom stereocenters. The number of anilines is 1. The summed E-state index contributed by atoms with van der Waals surface area (Å²) in [5.74, 6) is 0.339. The lowest BCUT2D eigenvalue weighted by Crippen LogP contribution is -1.94. The minimum atomic E-state index is 0.339. The van der Waals surface area contributed by atoms with E-state index in [0.717, 1.165) is 5.69 Å². The highest BCUT2D eigenvalue weighted by atomic mass is 15.3. The molecule has 2 nitrogen and oxygen atoms in total. The Kier molecular flexibility index (Phi) is 2.76. The highest BCUT2D eigenvalue weighted by molar-refractivity contribution is 5.68. The van der Waals surface area contributed by atoms with Crippen LogP contribution in [0.15, 0.2) is 59.7 Å².